The van der Waals surface area contributed by atoms with E-state index in [0.717, 1.165) is 27.8 Å². The van der Waals surface area contributed by atoms with Crippen LogP contribution in [0.5, 0.6) is 0 Å². The molecule has 2 aliphatic heterocycles. The van der Waals surface area contributed by atoms with E-state index in [1.165, 1.54) is 16.4 Å². The number of H-pyrrole nitrogens is 1. The van der Waals surface area contributed by atoms with E-state index in [1.54, 1.807) is 22.1 Å². The molecule has 7 heterocycles. The normalized spacial score (nSPS) is 16.6. The molecule has 0 radical (unpaired) electrons. The van der Waals surface area contributed by atoms with Gasteiger partial charge in [0.25, 0.3) is 0 Å². The number of hydrogen-bond acceptors (Lipinski definition) is 8. The zero-order chi connectivity index (χ0) is 28.4. The van der Waals surface area contributed by atoms with Crippen LogP contribution in [0.3, 0.4) is 0 Å². The van der Waals surface area contributed by atoms with Gasteiger partial charge in [0.15, 0.2) is 5.65 Å². The highest BCUT2D eigenvalue weighted by molar-refractivity contribution is 7.17. The molecule has 11 nitrogen and oxygen atoms in total. The van der Waals surface area contributed by atoms with Crippen LogP contribution in [0.15, 0.2) is 65.3 Å². The number of amides is 1. The summed E-state index contributed by atoms with van der Waals surface area (Å²) in [7, 11) is 0. The monoisotopic (exact) mass is 580 g/mol. The number of nitrogens with one attached hydrogen (secondary N) is 1. The van der Waals surface area contributed by atoms with E-state index in [0.29, 0.717) is 50.3 Å². The zero-order valence-corrected chi connectivity index (χ0v) is 23.5. The second-order valence-electron chi connectivity index (χ2n) is 11.1. The average Bonchev–Trinajstić information content (AvgIpc) is 3.70. The number of carbonyl (C=O) groups excluding carboxylic acids is 1. The number of fused-ring (bicyclic) bond motifs is 3. The molecule has 212 valence electrons. The topological polar surface area (TPSA) is 125 Å². The van der Waals surface area contributed by atoms with E-state index in [2.05, 4.69) is 54.5 Å². The molecule has 5 aromatic heterocycles. The predicted molar refractivity (Wildman–Crippen MR) is 162 cm³/mol. The Bertz CT molecular complexity index is 2030. The van der Waals surface area contributed by atoms with Crippen molar-refractivity contribution in [3.8, 4) is 11.1 Å². The second kappa shape index (κ2) is 9.78. The summed E-state index contributed by atoms with van der Waals surface area (Å²) < 4.78 is 4.89. The quantitative estimate of drug-likeness (QED) is 0.320. The fourth-order valence-corrected chi connectivity index (χ4v) is 7.37. The van der Waals surface area contributed by atoms with Crippen molar-refractivity contribution in [2.75, 3.05) is 31.1 Å². The lowest BCUT2D eigenvalue weighted by atomic mass is 10.0. The van der Waals surface area contributed by atoms with Crippen LogP contribution in [-0.2, 0) is 11.3 Å². The largest absolute Gasteiger partial charge is 0.389 e. The van der Waals surface area contributed by atoms with Gasteiger partial charge in [-0.3, -0.25) is 14.3 Å². The number of aromatic amines is 1. The Kier molecular flexibility index (Phi) is 5.86. The third-order valence-corrected chi connectivity index (χ3v) is 9.51. The Morgan fingerprint density at radius 2 is 1.90 bits per heavy atom. The maximum Gasteiger partial charge on any atom is 0.327 e. The van der Waals surface area contributed by atoms with Crippen LogP contribution in [0.4, 0.5) is 5.82 Å². The van der Waals surface area contributed by atoms with Gasteiger partial charge < -0.3 is 19.5 Å². The lowest BCUT2D eigenvalue weighted by Crippen LogP contribution is -2.51. The van der Waals surface area contributed by atoms with Crippen molar-refractivity contribution in [3.05, 3.63) is 71.0 Å². The van der Waals surface area contributed by atoms with E-state index in [-0.39, 0.29) is 30.3 Å². The van der Waals surface area contributed by atoms with Crippen LogP contribution in [0.25, 0.3) is 43.4 Å². The number of aliphatic hydroxyl groups excluding tert-OH is 1. The molecule has 0 spiro atoms. The number of aliphatic hydroxyl groups is 1. The van der Waals surface area contributed by atoms with Crippen LogP contribution in [0.1, 0.15) is 18.9 Å². The molecule has 0 saturated carbocycles. The highest BCUT2D eigenvalue weighted by Gasteiger charge is 2.31. The molecule has 1 aromatic carbocycles. The summed E-state index contributed by atoms with van der Waals surface area (Å²) >= 11 is 1.69. The van der Waals surface area contributed by atoms with E-state index in [4.69, 9.17) is 0 Å². The first-order valence-corrected chi connectivity index (χ1v) is 15.0. The minimum atomic E-state index is -0.373. The minimum absolute atomic E-state index is 0.00646. The van der Waals surface area contributed by atoms with E-state index in [9.17, 15) is 14.7 Å². The number of piperidine rings is 1. The molecule has 1 amide bonds. The number of hydrogen-bond donors (Lipinski definition) is 2. The summed E-state index contributed by atoms with van der Waals surface area (Å²) in [5.41, 5.74) is 3.98. The Hall–Kier alpha value is -4.55. The smallest absolute Gasteiger partial charge is 0.327 e. The van der Waals surface area contributed by atoms with Crippen molar-refractivity contribution >= 4 is 55.3 Å². The Morgan fingerprint density at radius 1 is 1.05 bits per heavy atom. The van der Waals surface area contributed by atoms with Gasteiger partial charge in [-0.05, 0) is 41.8 Å². The maximum absolute atomic E-state index is 13.7. The van der Waals surface area contributed by atoms with Gasteiger partial charge in [-0.2, -0.15) is 0 Å². The molecule has 2 fully saturated rings. The fraction of sp³-hybridized carbons (Fsp3) is 0.300. The summed E-state index contributed by atoms with van der Waals surface area (Å²) in [4.78, 5) is 46.7. The van der Waals surface area contributed by atoms with Gasteiger partial charge in [0.05, 0.1) is 17.0 Å². The van der Waals surface area contributed by atoms with Gasteiger partial charge in [0.2, 0.25) is 5.91 Å². The van der Waals surface area contributed by atoms with Crippen LogP contribution in [0.2, 0.25) is 0 Å². The lowest BCUT2D eigenvalue weighted by Gasteiger charge is -2.37. The highest BCUT2D eigenvalue weighted by atomic mass is 32.1. The molecule has 2 aliphatic rings. The first-order valence-electron chi connectivity index (χ1n) is 14.1. The third kappa shape index (κ3) is 4.01. The van der Waals surface area contributed by atoms with Gasteiger partial charge in [0, 0.05) is 60.4 Å². The van der Waals surface area contributed by atoms with E-state index in [1.807, 2.05) is 27.8 Å². The van der Waals surface area contributed by atoms with Gasteiger partial charge in [-0.25, -0.2) is 19.7 Å². The number of imidazole rings is 1. The summed E-state index contributed by atoms with van der Waals surface area (Å²) in [5.74, 6) is 0.790. The lowest BCUT2D eigenvalue weighted by molar-refractivity contribution is -0.133. The standard InChI is InChI=1S/C30H28N8O3S/c39-20-13-36(14-20)28-25-22(21-4-1-3-18-8-12-42-26(18)21)15-37(29(25)33-17-32-28)16-24(40)35-10-6-19(7-11-35)38-23-5-2-9-31-27(23)34-30(38)41/h1-5,8-9,12,15,17,19-20,39H,6-7,10-11,13-14,16H2,(H,31,34,41). The predicted octanol–water partition coefficient (Wildman–Crippen LogP) is 3.40. The molecule has 0 unspecified atom stereocenters. The van der Waals surface area contributed by atoms with E-state index >= 15 is 0 Å². The Balaban J connectivity index is 1.10. The van der Waals surface area contributed by atoms with Crippen LogP contribution < -0.4 is 10.6 Å². The molecular formula is C30H28N8O3S. The summed E-state index contributed by atoms with van der Waals surface area (Å²) in [5, 5.41) is 14.2. The molecule has 0 bridgehead atoms. The SMILES string of the molecule is O=C(Cn1cc(-c2cccc3ccsc23)c2c(N3CC(O)C3)ncnc21)N1CCC(n2c(=O)[nH]c3ncccc32)CC1. The molecule has 2 N–H and O–H groups in total. The van der Waals surface area contributed by atoms with Crippen molar-refractivity contribution in [1.29, 1.82) is 0 Å². The van der Waals surface area contributed by atoms with E-state index < -0.39 is 0 Å². The van der Waals surface area contributed by atoms with Crippen LogP contribution in [0, 0.1) is 0 Å². The number of carbonyl (C=O) groups is 1. The molecule has 8 rings (SSSR count). The first-order chi connectivity index (χ1) is 20.5. The molecule has 42 heavy (non-hydrogen) atoms. The molecule has 12 heteroatoms. The Labute approximate surface area is 243 Å². The highest BCUT2D eigenvalue weighted by Crippen LogP contribution is 2.41. The number of nitrogens with zero attached hydrogens (tertiary/aromatic N) is 7. The Morgan fingerprint density at radius 3 is 2.74 bits per heavy atom. The number of likely N-dealkylation sites (tertiary alicyclic amines) is 1. The molecular weight excluding hydrogens is 552 g/mol. The zero-order valence-electron chi connectivity index (χ0n) is 22.7. The number of aromatic nitrogens is 6. The van der Waals surface area contributed by atoms with Crippen molar-refractivity contribution in [3.63, 3.8) is 0 Å². The number of rotatable bonds is 5. The van der Waals surface area contributed by atoms with Gasteiger partial charge in [0.1, 0.15) is 24.3 Å². The van der Waals surface area contributed by atoms with Crippen molar-refractivity contribution in [2.45, 2.75) is 31.5 Å². The molecule has 0 atom stereocenters. The van der Waals surface area contributed by atoms with Crippen molar-refractivity contribution < 1.29 is 9.90 Å². The molecule has 6 aromatic rings. The second-order valence-corrected chi connectivity index (χ2v) is 12.0. The number of β-amino-alcohol motifs (C(OH)–C–C–N with tert-alkyl or cyclic N) is 1. The number of anilines is 1. The summed E-state index contributed by atoms with van der Waals surface area (Å²) in [6.07, 6.45) is 6.24. The number of thiophene rings is 1. The fourth-order valence-electron chi connectivity index (χ4n) is 6.45. The maximum atomic E-state index is 13.7. The minimum Gasteiger partial charge on any atom is -0.389 e. The van der Waals surface area contributed by atoms with Gasteiger partial charge in [-0.15, -0.1) is 11.3 Å². The molecule has 2 saturated heterocycles. The molecule has 0 aliphatic carbocycles. The first kappa shape index (κ1) is 25.2. The number of pyridine rings is 1. The van der Waals surface area contributed by atoms with Crippen LogP contribution >= 0.6 is 11.3 Å². The summed E-state index contributed by atoms with van der Waals surface area (Å²) in [6, 6.07) is 12.1. The van der Waals surface area contributed by atoms with Crippen molar-refractivity contribution in [1.82, 2.24) is 34.0 Å². The summed E-state index contributed by atoms with van der Waals surface area (Å²) in [6.45, 7) is 2.31. The number of benzene rings is 1. The third-order valence-electron chi connectivity index (χ3n) is 8.54. The van der Waals surface area contributed by atoms with Gasteiger partial charge >= 0.3 is 5.69 Å². The van der Waals surface area contributed by atoms with Crippen LogP contribution in [-0.4, -0.2) is 77.3 Å². The van der Waals surface area contributed by atoms with Crippen molar-refractivity contribution in [2.24, 2.45) is 0 Å². The van der Waals surface area contributed by atoms with Gasteiger partial charge in [-0.1, -0.05) is 18.2 Å². The average molecular weight is 581 g/mol.